The first-order chi connectivity index (χ1) is 17.4. The standard InChI is InChI=1S/C30H30F4O2/c1-3-5-19-6-10-21(11-7-19)23-14-15-24(28(32)27(23)31)22-12-8-20(9-13-22)18-36-26-17-16-25(35-4-2)29(33)30(26)34/h3,5-7,10-11,14-17,20,22H,4,8-9,12-13,18H2,1-2H3/b5-3+. The van der Waals surface area contributed by atoms with Crippen molar-refractivity contribution < 1.29 is 27.0 Å². The van der Waals surface area contributed by atoms with Crippen LogP contribution < -0.4 is 9.47 Å². The van der Waals surface area contributed by atoms with Gasteiger partial charge >= 0.3 is 0 Å². The maximum absolute atomic E-state index is 15.1. The number of hydrogen-bond acceptors (Lipinski definition) is 2. The lowest BCUT2D eigenvalue weighted by atomic mass is 9.78. The van der Waals surface area contributed by atoms with Crippen LogP contribution in [0.3, 0.4) is 0 Å². The van der Waals surface area contributed by atoms with Gasteiger partial charge in [-0.1, -0.05) is 48.6 Å². The minimum absolute atomic E-state index is 0.0958. The van der Waals surface area contributed by atoms with Gasteiger partial charge in [0, 0.05) is 5.56 Å². The molecule has 6 heteroatoms. The third-order valence-corrected chi connectivity index (χ3v) is 6.77. The highest BCUT2D eigenvalue weighted by molar-refractivity contribution is 5.67. The number of ether oxygens (including phenoxy) is 2. The zero-order valence-corrected chi connectivity index (χ0v) is 20.5. The average molecular weight is 499 g/mol. The maximum Gasteiger partial charge on any atom is 0.204 e. The fourth-order valence-electron chi connectivity index (χ4n) is 4.81. The second-order valence-corrected chi connectivity index (χ2v) is 9.10. The molecular formula is C30H30F4O2. The van der Waals surface area contributed by atoms with Gasteiger partial charge in [-0.05, 0) is 80.2 Å². The predicted molar refractivity (Wildman–Crippen MR) is 134 cm³/mol. The van der Waals surface area contributed by atoms with Crippen molar-refractivity contribution in [3.05, 3.63) is 89.0 Å². The van der Waals surface area contributed by atoms with Crippen LogP contribution in [0.5, 0.6) is 11.5 Å². The monoisotopic (exact) mass is 498 g/mol. The lowest BCUT2D eigenvalue weighted by molar-refractivity contribution is 0.191. The van der Waals surface area contributed by atoms with E-state index in [9.17, 15) is 13.2 Å². The van der Waals surface area contributed by atoms with Crippen molar-refractivity contribution in [1.29, 1.82) is 0 Å². The molecule has 2 nitrogen and oxygen atoms in total. The first kappa shape index (κ1) is 25.8. The highest BCUT2D eigenvalue weighted by atomic mass is 19.2. The number of halogens is 4. The Bertz CT molecular complexity index is 1210. The molecule has 1 saturated carbocycles. The van der Waals surface area contributed by atoms with Gasteiger partial charge in [0.15, 0.2) is 23.1 Å². The summed E-state index contributed by atoms with van der Waals surface area (Å²) in [6.07, 6.45) is 6.65. The van der Waals surface area contributed by atoms with E-state index >= 15 is 4.39 Å². The summed E-state index contributed by atoms with van der Waals surface area (Å²) in [6, 6.07) is 13.4. The Morgan fingerprint density at radius 1 is 0.750 bits per heavy atom. The molecule has 0 aliphatic heterocycles. The zero-order chi connectivity index (χ0) is 25.7. The number of benzene rings is 3. The molecular weight excluding hydrogens is 468 g/mol. The van der Waals surface area contributed by atoms with Gasteiger partial charge in [-0.25, -0.2) is 8.78 Å². The van der Waals surface area contributed by atoms with Gasteiger partial charge in [0.1, 0.15) is 0 Å². The Balaban J connectivity index is 1.37. The molecule has 190 valence electrons. The largest absolute Gasteiger partial charge is 0.491 e. The minimum Gasteiger partial charge on any atom is -0.491 e. The second-order valence-electron chi connectivity index (χ2n) is 9.10. The third-order valence-electron chi connectivity index (χ3n) is 6.77. The van der Waals surface area contributed by atoms with Crippen molar-refractivity contribution >= 4 is 6.08 Å². The summed E-state index contributed by atoms with van der Waals surface area (Å²) in [7, 11) is 0. The van der Waals surface area contributed by atoms with Crippen molar-refractivity contribution in [2.45, 2.75) is 45.4 Å². The topological polar surface area (TPSA) is 18.5 Å². The van der Waals surface area contributed by atoms with Crippen LogP contribution in [-0.2, 0) is 0 Å². The third kappa shape index (κ3) is 5.58. The van der Waals surface area contributed by atoms with Crippen molar-refractivity contribution in [3.8, 4) is 22.6 Å². The van der Waals surface area contributed by atoms with E-state index in [2.05, 4.69) is 0 Å². The summed E-state index contributed by atoms with van der Waals surface area (Å²) in [6.45, 7) is 4.08. The molecule has 0 radical (unpaired) electrons. The van der Waals surface area contributed by atoms with Gasteiger partial charge in [0.2, 0.25) is 11.6 Å². The molecule has 0 bridgehead atoms. The zero-order valence-electron chi connectivity index (χ0n) is 20.5. The summed E-state index contributed by atoms with van der Waals surface area (Å²) in [5.74, 6) is -4.02. The highest BCUT2D eigenvalue weighted by Crippen LogP contribution is 2.39. The fraction of sp³-hybridized carbons (Fsp3) is 0.333. The fourth-order valence-corrected chi connectivity index (χ4v) is 4.81. The highest BCUT2D eigenvalue weighted by Gasteiger charge is 2.27. The molecule has 3 aromatic carbocycles. The summed E-state index contributed by atoms with van der Waals surface area (Å²) >= 11 is 0. The minimum atomic E-state index is -1.07. The van der Waals surface area contributed by atoms with Crippen LogP contribution in [0.2, 0.25) is 0 Å². The molecule has 1 fully saturated rings. The van der Waals surface area contributed by atoms with E-state index in [0.29, 0.717) is 24.0 Å². The van der Waals surface area contributed by atoms with E-state index < -0.39 is 23.3 Å². The van der Waals surface area contributed by atoms with Crippen LogP contribution in [0.4, 0.5) is 17.6 Å². The maximum atomic E-state index is 15.1. The Morgan fingerprint density at radius 2 is 1.39 bits per heavy atom. The number of allylic oxidation sites excluding steroid dienone is 1. The van der Waals surface area contributed by atoms with E-state index in [-0.39, 0.29) is 42.1 Å². The molecule has 1 aliphatic carbocycles. The van der Waals surface area contributed by atoms with Gasteiger partial charge in [-0.3, -0.25) is 0 Å². The van der Waals surface area contributed by atoms with Gasteiger partial charge in [0.05, 0.1) is 13.2 Å². The van der Waals surface area contributed by atoms with Crippen molar-refractivity contribution in [3.63, 3.8) is 0 Å². The van der Waals surface area contributed by atoms with Crippen LogP contribution in [0, 0.1) is 29.2 Å². The quantitative estimate of drug-likeness (QED) is 0.289. The molecule has 0 N–H and O–H groups in total. The predicted octanol–water partition coefficient (Wildman–Crippen LogP) is 8.69. The lowest BCUT2D eigenvalue weighted by Crippen LogP contribution is -2.20. The lowest BCUT2D eigenvalue weighted by Gasteiger charge is -2.29. The summed E-state index contributed by atoms with van der Waals surface area (Å²) in [5.41, 5.74) is 2.26. The van der Waals surface area contributed by atoms with E-state index in [1.807, 2.05) is 31.2 Å². The van der Waals surface area contributed by atoms with Crippen LogP contribution in [0.15, 0.2) is 54.6 Å². The molecule has 3 aromatic rings. The van der Waals surface area contributed by atoms with Gasteiger partial charge in [-0.15, -0.1) is 0 Å². The molecule has 4 rings (SSSR count). The Hall–Kier alpha value is -3.28. The van der Waals surface area contributed by atoms with Gasteiger partial charge in [0.25, 0.3) is 0 Å². The summed E-state index contributed by atoms with van der Waals surface area (Å²) < 4.78 is 69.0. The van der Waals surface area contributed by atoms with Crippen molar-refractivity contribution in [1.82, 2.24) is 0 Å². The molecule has 36 heavy (non-hydrogen) atoms. The van der Waals surface area contributed by atoms with E-state index in [0.717, 1.165) is 18.4 Å². The number of rotatable bonds is 8. The Kier molecular flexibility index (Phi) is 8.34. The Labute approximate surface area is 209 Å². The van der Waals surface area contributed by atoms with E-state index in [1.54, 1.807) is 31.2 Å². The van der Waals surface area contributed by atoms with E-state index in [1.165, 1.54) is 12.1 Å². The first-order valence-corrected chi connectivity index (χ1v) is 12.4. The average Bonchev–Trinajstić information content (AvgIpc) is 2.89. The molecule has 0 heterocycles. The molecule has 0 spiro atoms. The van der Waals surface area contributed by atoms with Crippen LogP contribution in [0.1, 0.15) is 56.6 Å². The van der Waals surface area contributed by atoms with Crippen molar-refractivity contribution in [2.75, 3.05) is 13.2 Å². The normalized spacial score (nSPS) is 17.9. The van der Waals surface area contributed by atoms with Crippen LogP contribution >= 0.6 is 0 Å². The van der Waals surface area contributed by atoms with Crippen LogP contribution in [-0.4, -0.2) is 13.2 Å². The van der Waals surface area contributed by atoms with Crippen molar-refractivity contribution in [2.24, 2.45) is 5.92 Å². The van der Waals surface area contributed by atoms with Gasteiger partial charge in [-0.2, -0.15) is 8.78 Å². The molecule has 0 amide bonds. The summed E-state index contributed by atoms with van der Waals surface area (Å²) in [4.78, 5) is 0. The Morgan fingerprint density at radius 3 is 2.00 bits per heavy atom. The van der Waals surface area contributed by atoms with Crippen LogP contribution in [0.25, 0.3) is 17.2 Å². The molecule has 0 saturated heterocycles. The second kappa shape index (κ2) is 11.6. The molecule has 0 atom stereocenters. The van der Waals surface area contributed by atoms with Gasteiger partial charge < -0.3 is 9.47 Å². The number of hydrogen-bond donors (Lipinski definition) is 0. The molecule has 1 aliphatic rings. The first-order valence-electron chi connectivity index (χ1n) is 12.4. The smallest absolute Gasteiger partial charge is 0.204 e. The molecule has 0 unspecified atom stereocenters. The molecule has 0 aromatic heterocycles. The SMILES string of the molecule is C/C=C/c1ccc(-c2ccc(C3CCC(COc4ccc(OCC)c(F)c4F)CC3)c(F)c2F)cc1. The van der Waals surface area contributed by atoms with E-state index in [4.69, 9.17) is 9.47 Å². The summed E-state index contributed by atoms with van der Waals surface area (Å²) in [5, 5.41) is 0.